The number of rotatable bonds is 9. The van der Waals surface area contributed by atoms with Crippen LogP contribution < -0.4 is 24.8 Å². The van der Waals surface area contributed by atoms with E-state index in [1.165, 1.54) is 0 Å². The van der Waals surface area contributed by atoms with E-state index in [2.05, 4.69) is 10.6 Å². The van der Waals surface area contributed by atoms with E-state index in [0.29, 0.717) is 36.3 Å². The van der Waals surface area contributed by atoms with Gasteiger partial charge in [-0.3, -0.25) is 4.99 Å². The zero-order valence-electron chi connectivity index (χ0n) is 17.2. The lowest BCUT2D eigenvalue weighted by Crippen LogP contribution is -2.33. The molecule has 1 atom stereocenters. The van der Waals surface area contributed by atoms with E-state index in [4.69, 9.17) is 28.4 Å². The van der Waals surface area contributed by atoms with Crippen LogP contribution in [0.4, 0.5) is 5.69 Å². The standard InChI is InChI=1S/C21H29N3O5/c1-25-18-12-15(13-19(26-2)20(18)27-3)24-21(23-14-17-7-5-11-29-17)22-9-8-16-6-4-10-28-16/h4,6,10,12-13,17H,5,7-9,11,14H2,1-3H3,(H2,22,23,24). The highest BCUT2D eigenvalue weighted by atomic mass is 16.5. The zero-order valence-corrected chi connectivity index (χ0v) is 17.2. The Labute approximate surface area is 171 Å². The largest absolute Gasteiger partial charge is 0.493 e. The zero-order chi connectivity index (χ0) is 20.5. The highest BCUT2D eigenvalue weighted by Gasteiger charge is 2.16. The number of ether oxygens (including phenoxy) is 4. The number of furan rings is 1. The second kappa shape index (κ2) is 10.6. The Bertz CT molecular complexity index is 761. The third-order valence-corrected chi connectivity index (χ3v) is 4.65. The van der Waals surface area contributed by atoms with Crippen LogP contribution in [0.1, 0.15) is 18.6 Å². The maximum Gasteiger partial charge on any atom is 0.203 e. The molecule has 1 aliphatic rings. The van der Waals surface area contributed by atoms with Gasteiger partial charge in [-0.1, -0.05) is 0 Å². The summed E-state index contributed by atoms with van der Waals surface area (Å²) in [6.45, 7) is 2.08. The van der Waals surface area contributed by atoms with Gasteiger partial charge in [-0.15, -0.1) is 0 Å². The number of nitrogens with one attached hydrogen (secondary N) is 2. The van der Waals surface area contributed by atoms with Crippen LogP contribution in [-0.4, -0.2) is 53.1 Å². The lowest BCUT2D eigenvalue weighted by atomic mass is 10.2. The first kappa shape index (κ1) is 20.9. The molecular weight excluding hydrogens is 374 g/mol. The number of nitrogens with zero attached hydrogens (tertiary/aromatic N) is 1. The van der Waals surface area contributed by atoms with Crippen molar-refractivity contribution in [2.45, 2.75) is 25.4 Å². The molecular formula is C21H29N3O5. The SMILES string of the molecule is COc1cc(NC(=NCC2CCCO2)NCCc2ccco2)cc(OC)c1OC. The minimum atomic E-state index is 0.165. The van der Waals surface area contributed by atoms with Gasteiger partial charge < -0.3 is 34.0 Å². The van der Waals surface area contributed by atoms with E-state index >= 15 is 0 Å². The highest BCUT2D eigenvalue weighted by Crippen LogP contribution is 2.39. The van der Waals surface area contributed by atoms with Gasteiger partial charge in [0.25, 0.3) is 0 Å². The van der Waals surface area contributed by atoms with Gasteiger partial charge in [0.2, 0.25) is 5.75 Å². The number of anilines is 1. The highest BCUT2D eigenvalue weighted by molar-refractivity contribution is 5.94. The molecule has 2 aromatic rings. The maximum atomic E-state index is 5.69. The minimum absolute atomic E-state index is 0.165. The van der Waals surface area contributed by atoms with Crippen molar-refractivity contribution in [3.05, 3.63) is 36.3 Å². The molecule has 3 rings (SSSR count). The smallest absolute Gasteiger partial charge is 0.203 e. The van der Waals surface area contributed by atoms with Crippen LogP contribution in [0.3, 0.4) is 0 Å². The summed E-state index contributed by atoms with van der Waals surface area (Å²) in [6, 6.07) is 7.53. The predicted octanol–water partition coefficient (Wildman–Crippen LogP) is 3.08. The molecule has 1 fully saturated rings. The van der Waals surface area contributed by atoms with Gasteiger partial charge in [0.1, 0.15) is 5.76 Å². The van der Waals surface area contributed by atoms with E-state index in [1.54, 1.807) is 27.6 Å². The monoisotopic (exact) mass is 403 g/mol. The average molecular weight is 403 g/mol. The van der Waals surface area contributed by atoms with Crippen molar-refractivity contribution in [2.24, 2.45) is 4.99 Å². The molecule has 1 aromatic carbocycles. The molecule has 8 nitrogen and oxygen atoms in total. The predicted molar refractivity (Wildman–Crippen MR) is 111 cm³/mol. The fraction of sp³-hybridized carbons (Fsp3) is 0.476. The quantitative estimate of drug-likeness (QED) is 0.491. The number of guanidine groups is 1. The van der Waals surface area contributed by atoms with Crippen molar-refractivity contribution in [1.82, 2.24) is 5.32 Å². The molecule has 158 valence electrons. The molecule has 29 heavy (non-hydrogen) atoms. The van der Waals surface area contributed by atoms with Gasteiger partial charge in [-0.2, -0.15) is 0 Å². The first-order chi connectivity index (χ1) is 14.2. The Morgan fingerprint density at radius 2 is 1.97 bits per heavy atom. The molecule has 0 saturated carbocycles. The van der Waals surface area contributed by atoms with Gasteiger partial charge in [0.15, 0.2) is 17.5 Å². The van der Waals surface area contributed by atoms with Crippen LogP contribution in [0, 0.1) is 0 Å². The van der Waals surface area contributed by atoms with Crippen molar-refractivity contribution >= 4 is 11.6 Å². The third-order valence-electron chi connectivity index (χ3n) is 4.65. The van der Waals surface area contributed by atoms with Crippen molar-refractivity contribution in [2.75, 3.05) is 46.3 Å². The normalized spacial score (nSPS) is 16.5. The Kier molecular flexibility index (Phi) is 7.63. The first-order valence-electron chi connectivity index (χ1n) is 9.72. The Morgan fingerprint density at radius 3 is 2.55 bits per heavy atom. The lowest BCUT2D eigenvalue weighted by molar-refractivity contribution is 0.118. The number of hydrogen-bond donors (Lipinski definition) is 2. The van der Waals surface area contributed by atoms with Crippen molar-refractivity contribution < 1.29 is 23.4 Å². The molecule has 1 saturated heterocycles. The number of benzene rings is 1. The van der Waals surface area contributed by atoms with Crippen molar-refractivity contribution in [1.29, 1.82) is 0 Å². The molecule has 1 aliphatic heterocycles. The number of methoxy groups -OCH3 is 3. The van der Waals surface area contributed by atoms with Crippen LogP contribution in [0.25, 0.3) is 0 Å². The van der Waals surface area contributed by atoms with Crippen LogP contribution >= 0.6 is 0 Å². The van der Waals surface area contributed by atoms with Crippen LogP contribution in [0.15, 0.2) is 39.9 Å². The third kappa shape index (κ3) is 5.80. The topological polar surface area (TPSA) is 86.5 Å². The Morgan fingerprint density at radius 1 is 1.17 bits per heavy atom. The molecule has 0 spiro atoms. The molecule has 8 heteroatoms. The van der Waals surface area contributed by atoms with E-state index < -0.39 is 0 Å². The van der Waals surface area contributed by atoms with Gasteiger partial charge in [0, 0.05) is 37.4 Å². The van der Waals surface area contributed by atoms with Crippen LogP contribution in [-0.2, 0) is 11.2 Å². The van der Waals surface area contributed by atoms with E-state index in [9.17, 15) is 0 Å². The summed E-state index contributed by atoms with van der Waals surface area (Å²) in [5.41, 5.74) is 0.774. The van der Waals surface area contributed by atoms with Gasteiger partial charge >= 0.3 is 0 Å². The minimum Gasteiger partial charge on any atom is -0.493 e. The van der Waals surface area contributed by atoms with E-state index in [1.807, 2.05) is 24.3 Å². The molecule has 0 amide bonds. The summed E-state index contributed by atoms with van der Waals surface area (Å²) in [5.74, 6) is 3.26. The molecule has 0 bridgehead atoms. The fourth-order valence-electron chi connectivity index (χ4n) is 3.17. The molecule has 2 N–H and O–H groups in total. The summed E-state index contributed by atoms with van der Waals surface area (Å²) >= 11 is 0. The van der Waals surface area contributed by atoms with Crippen LogP contribution in [0.5, 0.6) is 17.2 Å². The molecule has 0 radical (unpaired) electrons. The fourth-order valence-corrected chi connectivity index (χ4v) is 3.17. The summed E-state index contributed by atoms with van der Waals surface area (Å²) in [5, 5.41) is 6.67. The maximum absolute atomic E-state index is 5.69. The summed E-state index contributed by atoms with van der Waals surface area (Å²) in [7, 11) is 4.77. The number of aliphatic imine (C=N–C) groups is 1. The van der Waals surface area contributed by atoms with Crippen molar-refractivity contribution in [3.63, 3.8) is 0 Å². The Balaban J connectivity index is 1.72. The number of hydrogen-bond acceptors (Lipinski definition) is 6. The molecule has 0 aliphatic carbocycles. The molecule has 2 heterocycles. The van der Waals surface area contributed by atoms with Gasteiger partial charge in [0.05, 0.1) is 40.2 Å². The second-order valence-corrected chi connectivity index (χ2v) is 6.62. The lowest BCUT2D eigenvalue weighted by Gasteiger charge is -2.17. The second-order valence-electron chi connectivity index (χ2n) is 6.62. The first-order valence-corrected chi connectivity index (χ1v) is 9.72. The van der Waals surface area contributed by atoms with Gasteiger partial charge in [-0.05, 0) is 25.0 Å². The average Bonchev–Trinajstić information content (AvgIpc) is 3.45. The van der Waals surface area contributed by atoms with Gasteiger partial charge in [-0.25, -0.2) is 0 Å². The van der Waals surface area contributed by atoms with E-state index in [-0.39, 0.29) is 6.10 Å². The summed E-state index contributed by atoms with van der Waals surface area (Å²) < 4.78 is 27.3. The van der Waals surface area contributed by atoms with Crippen LogP contribution in [0.2, 0.25) is 0 Å². The van der Waals surface area contributed by atoms with E-state index in [0.717, 1.165) is 37.3 Å². The Hall–Kier alpha value is -2.87. The molecule has 1 aromatic heterocycles. The molecule has 1 unspecified atom stereocenters. The summed E-state index contributed by atoms with van der Waals surface area (Å²) in [4.78, 5) is 4.70. The summed E-state index contributed by atoms with van der Waals surface area (Å²) in [6.07, 6.45) is 4.71. The van der Waals surface area contributed by atoms with Crippen molar-refractivity contribution in [3.8, 4) is 17.2 Å².